The van der Waals surface area contributed by atoms with Crippen molar-refractivity contribution in [2.45, 2.75) is 26.6 Å². The van der Waals surface area contributed by atoms with Gasteiger partial charge < -0.3 is 19.8 Å². The van der Waals surface area contributed by atoms with E-state index in [1.807, 2.05) is 13.0 Å². The van der Waals surface area contributed by atoms with Crippen LogP contribution >= 0.6 is 0 Å². The van der Waals surface area contributed by atoms with E-state index in [2.05, 4.69) is 20.4 Å². The minimum atomic E-state index is -2.85. The second kappa shape index (κ2) is 8.17. The van der Waals surface area contributed by atoms with Gasteiger partial charge in [-0.1, -0.05) is 17.7 Å². The van der Waals surface area contributed by atoms with Crippen molar-refractivity contribution in [1.82, 2.24) is 10.6 Å². The maximum Gasteiger partial charge on any atom is 0.387 e. The molecule has 0 fully saturated rings. The van der Waals surface area contributed by atoms with E-state index in [0.29, 0.717) is 24.6 Å². The Kier molecular flexibility index (Phi) is 5.96. The molecule has 0 radical (unpaired) electrons. The van der Waals surface area contributed by atoms with Crippen molar-refractivity contribution in [3.05, 3.63) is 53.5 Å². The monoisotopic (exact) mass is 323 g/mol. The van der Waals surface area contributed by atoms with Crippen LogP contribution in [-0.4, -0.2) is 19.6 Å². The van der Waals surface area contributed by atoms with Crippen molar-refractivity contribution >= 4 is 5.96 Å². The number of benzene rings is 1. The molecule has 0 saturated heterocycles. The van der Waals surface area contributed by atoms with Gasteiger partial charge in [0.2, 0.25) is 0 Å². The Balaban J connectivity index is 1.96. The molecule has 23 heavy (non-hydrogen) atoms. The number of nitrogens with zero attached hydrogens (tertiary/aromatic N) is 1. The molecule has 124 valence electrons. The van der Waals surface area contributed by atoms with E-state index in [0.717, 1.165) is 11.3 Å². The van der Waals surface area contributed by atoms with Crippen LogP contribution in [0.4, 0.5) is 8.78 Å². The van der Waals surface area contributed by atoms with Gasteiger partial charge in [-0.2, -0.15) is 8.78 Å². The molecule has 0 aliphatic carbocycles. The molecule has 2 aromatic rings. The summed E-state index contributed by atoms with van der Waals surface area (Å²) in [5.74, 6) is 1.45. The summed E-state index contributed by atoms with van der Waals surface area (Å²) in [5.41, 5.74) is 1.59. The molecule has 5 nitrogen and oxygen atoms in total. The summed E-state index contributed by atoms with van der Waals surface area (Å²) in [4.78, 5) is 4.08. The molecule has 1 aromatic carbocycles. The largest absolute Gasteiger partial charge is 0.467 e. The zero-order chi connectivity index (χ0) is 16.7. The molecule has 0 spiro atoms. The molecule has 0 saturated carbocycles. The highest BCUT2D eigenvalue weighted by Crippen LogP contribution is 2.21. The lowest BCUT2D eigenvalue weighted by Gasteiger charge is -2.14. The van der Waals surface area contributed by atoms with Crippen molar-refractivity contribution in [3.63, 3.8) is 0 Å². The first-order chi connectivity index (χ1) is 11.1. The van der Waals surface area contributed by atoms with Gasteiger partial charge in [0.25, 0.3) is 0 Å². The third-order valence-corrected chi connectivity index (χ3v) is 3.11. The van der Waals surface area contributed by atoms with Gasteiger partial charge in [-0.05, 0) is 25.1 Å². The molecule has 0 aliphatic heterocycles. The molecular weight excluding hydrogens is 304 g/mol. The van der Waals surface area contributed by atoms with Gasteiger partial charge in [-0.15, -0.1) is 0 Å². The van der Waals surface area contributed by atoms with E-state index in [4.69, 9.17) is 4.42 Å². The SMILES string of the molecule is CN=C(NCc1ccco1)NCc1cc(C)ccc1OC(F)F. The highest BCUT2D eigenvalue weighted by atomic mass is 19.3. The Morgan fingerprint density at radius 2 is 2.04 bits per heavy atom. The van der Waals surface area contributed by atoms with Crippen LogP contribution in [0.3, 0.4) is 0 Å². The molecule has 2 rings (SSSR count). The van der Waals surface area contributed by atoms with E-state index in [1.165, 1.54) is 6.07 Å². The average molecular weight is 323 g/mol. The molecule has 2 N–H and O–H groups in total. The van der Waals surface area contributed by atoms with Crippen LogP contribution in [-0.2, 0) is 13.1 Å². The third-order valence-electron chi connectivity index (χ3n) is 3.11. The number of ether oxygens (including phenoxy) is 1. The molecular formula is C16H19F2N3O2. The molecule has 0 aliphatic rings. The number of rotatable bonds is 6. The maximum atomic E-state index is 12.5. The summed E-state index contributed by atoms with van der Waals surface area (Å²) in [6.07, 6.45) is 1.59. The van der Waals surface area contributed by atoms with E-state index in [-0.39, 0.29) is 5.75 Å². The summed E-state index contributed by atoms with van der Waals surface area (Å²) in [6, 6.07) is 8.70. The highest BCUT2D eigenvalue weighted by molar-refractivity contribution is 5.79. The number of hydrogen-bond acceptors (Lipinski definition) is 3. The van der Waals surface area contributed by atoms with E-state index in [9.17, 15) is 8.78 Å². The topological polar surface area (TPSA) is 58.8 Å². The Hall–Kier alpha value is -2.57. The molecule has 0 bridgehead atoms. The standard InChI is InChI=1S/C16H19F2N3O2/c1-11-5-6-14(23-15(17)18)12(8-11)9-20-16(19-2)21-10-13-4-3-7-22-13/h3-8,15H,9-10H2,1-2H3,(H2,19,20,21). The molecule has 0 unspecified atom stereocenters. The van der Waals surface area contributed by atoms with Gasteiger partial charge in [0, 0.05) is 19.2 Å². The lowest BCUT2D eigenvalue weighted by Crippen LogP contribution is -2.36. The number of nitrogens with one attached hydrogen (secondary N) is 2. The normalized spacial score (nSPS) is 11.6. The smallest absolute Gasteiger partial charge is 0.387 e. The first-order valence-electron chi connectivity index (χ1n) is 7.09. The lowest BCUT2D eigenvalue weighted by atomic mass is 10.1. The van der Waals surface area contributed by atoms with Crippen molar-refractivity contribution in [2.24, 2.45) is 4.99 Å². The second-order valence-corrected chi connectivity index (χ2v) is 4.85. The molecule has 0 amide bonds. The summed E-state index contributed by atoms with van der Waals surface area (Å²) in [7, 11) is 1.63. The second-order valence-electron chi connectivity index (χ2n) is 4.85. The van der Waals surface area contributed by atoms with Gasteiger partial charge in [-0.3, -0.25) is 4.99 Å². The number of alkyl halides is 2. The van der Waals surface area contributed by atoms with E-state index in [1.54, 1.807) is 31.5 Å². The minimum Gasteiger partial charge on any atom is -0.467 e. The quantitative estimate of drug-likeness (QED) is 0.634. The summed E-state index contributed by atoms with van der Waals surface area (Å²) in [5, 5.41) is 6.13. The minimum absolute atomic E-state index is 0.152. The predicted molar refractivity (Wildman–Crippen MR) is 83.6 cm³/mol. The number of halogens is 2. The maximum absolute atomic E-state index is 12.5. The molecule has 1 heterocycles. The van der Waals surface area contributed by atoms with Crippen molar-refractivity contribution in [1.29, 1.82) is 0 Å². The number of guanidine groups is 1. The van der Waals surface area contributed by atoms with Crippen molar-refractivity contribution < 1.29 is 17.9 Å². The van der Waals surface area contributed by atoms with Crippen LogP contribution in [0.1, 0.15) is 16.9 Å². The predicted octanol–water partition coefficient (Wildman–Crippen LogP) is 3.05. The fraction of sp³-hybridized carbons (Fsp3) is 0.312. The van der Waals surface area contributed by atoms with Crippen LogP contribution in [0.2, 0.25) is 0 Å². The van der Waals surface area contributed by atoms with Gasteiger partial charge in [0.05, 0.1) is 12.8 Å². The number of aryl methyl sites for hydroxylation is 1. The van der Waals surface area contributed by atoms with Gasteiger partial charge in [-0.25, -0.2) is 0 Å². The van der Waals surface area contributed by atoms with E-state index >= 15 is 0 Å². The first-order valence-corrected chi connectivity index (χ1v) is 7.09. The number of aliphatic imine (C=N–C) groups is 1. The molecule has 0 atom stereocenters. The van der Waals surface area contributed by atoms with Crippen molar-refractivity contribution in [2.75, 3.05) is 7.05 Å². The summed E-state index contributed by atoms with van der Waals surface area (Å²) in [6.45, 7) is -0.185. The number of hydrogen-bond donors (Lipinski definition) is 2. The Bertz CT molecular complexity index is 643. The third kappa shape index (κ3) is 5.28. The summed E-state index contributed by atoms with van der Waals surface area (Å²) >= 11 is 0. The van der Waals surface area contributed by atoms with Crippen LogP contribution in [0.15, 0.2) is 46.0 Å². The van der Waals surface area contributed by atoms with Gasteiger partial charge in [0.15, 0.2) is 5.96 Å². The zero-order valence-electron chi connectivity index (χ0n) is 13.0. The van der Waals surface area contributed by atoms with Gasteiger partial charge in [0.1, 0.15) is 11.5 Å². The van der Waals surface area contributed by atoms with Crippen LogP contribution in [0, 0.1) is 6.92 Å². The van der Waals surface area contributed by atoms with Gasteiger partial charge >= 0.3 is 6.61 Å². The number of furan rings is 1. The van der Waals surface area contributed by atoms with Crippen molar-refractivity contribution in [3.8, 4) is 5.75 Å². The Morgan fingerprint density at radius 1 is 1.26 bits per heavy atom. The Labute approximate surface area is 133 Å². The fourth-order valence-corrected chi connectivity index (χ4v) is 2.04. The molecule has 7 heteroatoms. The van der Waals surface area contributed by atoms with Crippen LogP contribution < -0.4 is 15.4 Å². The highest BCUT2D eigenvalue weighted by Gasteiger charge is 2.10. The van der Waals surface area contributed by atoms with Crippen LogP contribution in [0.5, 0.6) is 5.75 Å². The van der Waals surface area contributed by atoms with Crippen LogP contribution in [0.25, 0.3) is 0 Å². The molecule has 1 aromatic heterocycles. The average Bonchev–Trinajstić information content (AvgIpc) is 3.03. The Morgan fingerprint density at radius 3 is 2.70 bits per heavy atom. The van der Waals surface area contributed by atoms with E-state index < -0.39 is 6.61 Å². The summed E-state index contributed by atoms with van der Waals surface area (Å²) < 4.78 is 34.7. The lowest BCUT2D eigenvalue weighted by molar-refractivity contribution is -0.0504. The zero-order valence-corrected chi connectivity index (χ0v) is 13.0. The fourth-order valence-electron chi connectivity index (χ4n) is 2.04. The first kappa shape index (κ1) is 16.8.